The molecule has 136 valence electrons. The SMILES string of the molecule is CCOP(=O)(CNC(=O)OC(C)(C)C)CNC(=O)OC(C)(C)C. The zero-order valence-corrected chi connectivity index (χ0v) is 15.9. The molecule has 23 heavy (non-hydrogen) atoms. The van der Waals surface area contributed by atoms with Crippen molar-refractivity contribution in [2.75, 3.05) is 19.2 Å². The third kappa shape index (κ3) is 11.9. The predicted octanol–water partition coefficient (Wildman–Crippen LogP) is 3.27. The minimum Gasteiger partial charge on any atom is -0.444 e. The second kappa shape index (κ2) is 8.55. The molecule has 2 N–H and O–H groups in total. The van der Waals surface area contributed by atoms with Gasteiger partial charge in [0.15, 0.2) is 0 Å². The Labute approximate surface area is 138 Å². The lowest BCUT2D eigenvalue weighted by atomic mass is 10.2. The lowest BCUT2D eigenvalue weighted by Crippen LogP contribution is -2.36. The second-order valence-corrected chi connectivity index (χ2v) is 9.43. The van der Waals surface area contributed by atoms with Crippen molar-refractivity contribution >= 4 is 19.6 Å². The van der Waals surface area contributed by atoms with Crippen LogP contribution in [-0.4, -0.2) is 42.6 Å². The van der Waals surface area contributed by atoms with Gasteiger partial charge in [-0.05, 0) is 48.5 Å². The van der Waals surface area contributed by atoms with E-state index in [9.17, 15) is 14.2 Å². The molecule has 0 rings (SSSR count). The topological polar surface area (TPSA) is 103 Å². The second-order valence-electron chi connectivity index (χ2n) is 6.91. The van der Waals surface area contributed by atoms with Gasteiger partial charge in [-0.25, -0.2) is 9.59 Å². The molecular formula is C14H29N2O6P. The normalized spacial score (nSPS) is 12.5. The molecule has 0 aliphatic rings. The summed E-state index contributed by atoms with van der Waals surface area (Å²) in [5, 5.41) is 4.79. The molecule has 0 saturated heterocycles. The fourth-order valence-electron chi connectivity index (χ4n) is 1.38. The monoisotopic (exact) mass is 352 g/mol. The van der Waals surface area contributed by atoms with Gasteiger partial charge in [0.25, 0.3) is 0 Å². The highest BCUT2D eigenvalue weighted by molar-refractivity contribution is 7.58. The summed E-state index contributed by atoms with van der Waals surface area (Å²) in [6.07, 6.45) is -1.89. The Morgan fingerprint density at radius 2 is 1.22 bits per heavy atom. The van der Waals surface area contributed by atoms with Crippen LogP contribution in [0.4, 0.5) is 9.59 Å². The summed E-state index contributed by atoms with van der Waals surface area (Å²) in [4.78, 5) is 23.2. The molecule has 0 aromatic carbocycles. The van der Waals surface area contributed by atoms with E-state index >= 15 is 0 Å². The highest BCUT2D eigenvalue weighted by atomic mass is 31.2. The summed E-state index contributed by atoms with van der Waals surface area (Å²) in [6.45, 7) is 12.2. The molecular weight excluding hydrogens is 323 g/mol. The largest absolute Gasteiger partial charge is 0.444 e. The molecule has 0 heterocycles. The molecule has 0 unspecified atom stereocenters. The average Bonchev–Trinajstić information content (AvgIpc) is 2.31. The number of carbonyl (C=O) groups excluding carboxylic acids is 2. The van der Waals surface area contributed by atoms with E-state index in [0.29, 0.717) is 0 Å². The van der Waals surface area contributed by atoms with E-state index in [1.54, 1.807) is 48.5 Å². The number of nitrogens with one attached hydrogen (secondary N) is 2. The van der Waals surface area contributed by atoms with E-state index in [2.05, 4.69) is 10.6 Å². The highest BCUT2D eigenvalue weighted by Gasteiger charge is 2.27. The van der Waals surface area contributed by atoms with Gasteiger partial charge in [0.05, 0.1) is 19.2 Å². The summed E-state index contributed by atoms with van der Waals surface area (Å²) < 4.78 is 27.9. The number of carbonyl (C=O) groups is 2. The van der Waals surface area contributed by atoms with Crippen molar-refractivity contribution in [2.45, 2.75) is 59.7 Å². The van der Waals surface area contributed by atoms with Crippen molar-refractivity contribution in [2.24, 2.45) is 0 Å². The number of rotatable bonds is 6. The number of hydrogen-bond donors (Lipinski definition) is 2. The first-order chi connectivity index (χ1) is 10.3. The number of alkyl carbamates (subject to hydrolysis) is 2. The number of hydrogen-bond acceptors (Lipinski definition) is 6. The Morgan fingerprint density at radius 1 is 0.870 bits per heavy atom. The van der Waals surface area contributed by atoms with Gasteiger partial charge in [0.1, 0.15) is 11.2 Å². The van der Waals surface area contributed by atoms with E-state index in [-0.39, 0.29) is 19.2 Å². The molecule has 0 saturated carbocycles. The fraction of sp³-hybridized carbons (Fsp3) is 0.857. The van der Waals surface area contributed by atoms with Gasteiger partial charge in [-0.2, -0.15) is 0 Å². The Kier molecular flexibility index (Phi) is 8.07. The molecule has 0 aromatic heterocycles. The Hall–Kier alpha value is -1.27. The molecule has 0 atom stereocenters. The molecule has 9 heteroatoms. The van der Waals surface area contributed by atoms with Crippen LogP contribution in [0.5, 0.6) is 0 Å². The van der Waals surface area contributed by atoms with Gasteiger partial charge in [0.2, 0.25) is 7.37 Å². The quantitative estimate of drug-likeness (QED) is 0.711. The van der Waals surface area contributed by atoms with Crippen LogP contribution in [0.15, 0.2) is 0 Å². The van der Waals surface area contributed by atoms with Crippen molar-refractivity contribution in [1.29, 1.82) is 0 Å². The third-order valence-corrected chi connectivity index (χ3v) is 4.10. The van der Waals surface area contributed by atoms with Crippen molar-refractivity contribution in [3.63, 3.8) is 0 Å². The van der Waals surface area contributed by atoms with Crippen molar-refractivity contribution < 1.29 is 28.2 Å². The van der Waals surface area contributed by atoms with Crippen molar-refractivity contribution in [3.05, 3.63) is 0 Å². The first kappa shape index (κ1) is 21.7. The minimum atomic E-state index is -3.28. The maximum absolute atomic E-state index is 12.6. The minimum absolute atomic E-state index is 0.184. The molecule has 0 aromatic rings. The van der Waals surface area contributed by atoms with Crippen LogP contribution in [0.2, 0.25) is 0 Å². The first-order valence-corrected chi connectivity index (χ1v) is 9.42. The van der Waals surface area contributed by atoms with Crippen LogP contribution in [0, 0.1) is 0 Å². The lowest BCUT2D eigenvalue weighted by molar-refractivity contribution is 0.0530. The Balaban J connectivity index is 4.54. The number of ether oxygens (including phenoxy) is 2. The molecule has 0 radical (unpaired) electrons. The lowest BCUT2D eigenvalue weighted by Gasteiger charge is -2.23. The zero-order valence-electron chi connectivity index (χ0n) is 15.0. The van der Waals surface area contributed by atoms with Crippen molar-refractivity contribution in [1.82, 2.24) is 10.6 Å². The summed E-state index contributed by atoms with van der Waals surface area (Å²) >= 11 is 0. The molecule has 0 aliphatic heterocycles. The molecule has 0 aliphatic carbocycles. The van der Waals surface area contributed by atoms with E-state index in [4.69, 9.17) is 14.0 Å². The zero-order chi connectivity index (χ0) is 18.3. The Bertz CT molecular complexity index is 417. The highest BCUT2D eigenvalue weighted by Crippen LogP contribution is 2.44. The fourth-order valence-corrected chi connectivity index (χ4v) is 2.89. The van der Waals surface area contributed by atoms with E-state index in [1.807, 2.05) is 0 Å². The van der Waals surface area contributed by atoms with E-state index in [0.717, 1.165) is 0 Å². The van der Waals surface area contributed by atoms with Crippen LogP contribution in [-0.2, 0) is 18.6 Å². The maximum Gasteiger partial charge on any atom is 0.408 e. The summed E-state index contributed by atoms with van der Waals surface area (Å²) in [5.74, 6) is 0. The van der Waals surface area contributed by atoms with Gasteiger partial charge in [-0.3, -0.25) is 4.57 Å². The average molecular weight is 352 g/mol. The van der Waals surface area contributed by atoms with Crippen LogP contribution < -0.4 is 10.6 Å². The Morgan fingerprint density at radius 3 is 1.48 bits per heavy atom. The van der Waals surface area contributed by atoms with Gasteiger partial charge in [-0.15, -0.1) is 0 Å². The maximum atomic E-state index is 12.6. The molecule has 0 spiro atoms. The van der Waals surface area contributed by atoms with Crippen LogP contribution in [0.25, 0.3) is 0 Å². The van der Waals surface area contributed by atoms with Crippen LogP contribution >= 0.6 is 7.37 Å². The van der Waals surface area contributed by atoms with Gasteiger partial charge in [-0.1, -0.05) is 0 Å². The van der Waals surface area contributed by atoms with E-state index in [1.165, 1.54) is 0 Å². The predicted molar refractivity (Wildman–Crippen MR) is 87.7 cm³/mol. The van der Waals surface area contributed by atoms with Gasteiger partial charge in [0, 0.05) is 0 Å². The summed E-state index contributed by atoms with van der Waals surface area (Å²) in [7, 11) is -3.28. The molecule has 0 bridgehead atoms. The van der Waals surface area contributed by atoms with E-state index < -0.39 is 30.8 Å². The summed E-state index contributed by atoms with van der Waals surface area (Å²) in [5.41, 5.74) is -1.32. The molecule has 8 nitrogen and oxygen atoms in total. The molecule has 2 amide bonds. The van der Waals surface area contributed by atoms with Crippen molar-refractivity contribution in [3.8, 4) is 0 Å². The standard InChI is InChI=1S/C14H29N2O6P/c1-8-20-23(19,9-15-11(17)21-13(2,3)4)10-16-12(18)22-14(5,6)7/h8-10H2,1-7H3,(H,15,17)(H,16,18). The first-order valence-electron chi connectivity index (χ1n) is 7.43. The van der Waals surface area contributed by atoms with Crippen LogP contribution in [0.1, 0.15) is 48.5 Å². The van der Waals surface area contributed by atoms with Gasteiger partial charge >= 0.3 is 12.2 Å². The molecule has 0 fully saturated rings. The van der Waals surface area contributed by atoms with Crippen LogP contribution in [0.3, 0.4) is 0 Å². The summed E-state index contributed by atoms with van der Waals surface area (Å²) in [6, 6.07) is 0. The smallest absolute Gasteiger partial charge is 0.408 e. The van der Waals surface area contributed by atoms with Gasteiger partial charge < -0.3 is 24.6 Å². The number of amides is 2. The third-order valence-electron chi connectivity index (χ3n) is 2.09.